The Labute approximate surface area is 168 Å². The molecule has 148 valence electrons. The minimum Gasteiger partial charge on any atom is -0.310 e. The molecule has 0 bridgehead atoms. The van der Waals surface area contributed by atoms with E-state index in [1.807, 2.05) is 38.1 Å². The molecule has 7 heteroatoms. The topological polar surface area (TPSA) is 85.5 Å². The number of carbonyl (C=O) groups excluding carboxylic acids is 1. The lowest BCUT2D eigenvalue weighted by Gasteiger charge is -2.23. The lowest BCUT2D eigenvalue weighted by atomic mass is 10.1. The summed E-state index contributed by atoms with van der Waals surface area (Å²) in [6.07, 6.45) is 1.53. The third kappa shape index (κ3) is 4.40. The van der Waals surface area contributed by atoms with E-state index in [1.54, 1.807) is 17.0 Å². The number of non-ortho nitro benzene ring substituents is 1. The van der Waals surface area contributed by atoms with Gasteiger partial charge in [-0.15, -0.1) is 0 Å². The van der Waals surface area contributed by atoms with E-state index in [4.69, 9.17) is 0 Å². The van der Waals surface area contributed by atoms with Crippen molar-refractivity contribution in [1.82, 2.24) is 4.57 Å². The lowest BCUT2D eigenvalue weighted by Crippen LogP contribution is -2.32. The van der Waals surface area contributed by atoms with Crippen LogP contribution in [-0.2, 0) is 6.54 Å². The van der Waals surface area contributed by atoms with Gasteiger partial charge in [-0.2, -0.15) is 0 Å². The number of rotatable bonds is 6. The number of aromatic nitrogens is 1. The maximum Gasteiger partial charge on any atom is 0.269 e. The Morgan fingerprint density at radius 1 is 1.07 bits per heavy atom. The third-order valence-corrected chi connectivity index (χ3v) is 4.70. The number of nitrogens with zero attached hydrogens (tertiary/aromatic N) is 3. The van der Waals surface area contributed by atoms with Gasteiger partial charge in [0.25, 0.3) is 17.2 Å². The maximum atomic E-state index is 13.1. The van der Waals surface area contributed by atoms with E-state index >= 15 is 0 Å². The van der Waals surface area contributed by atoms with Crippen molar-refractivity contribution in [3.63, 3.8) is 0 Å². The number of hydrogen-bond donors (Lipinski definition) is 0. The van der Waals surface area contributed by atoms with Gasteiger partial charge in [0.1, 0.15) is 0 Å². The van der Waals surface area contributed by atoms with Crippen LogP contribution in [0.15, 0.2) is 71.7 Å². The average Bonchev–Trinajstić information content (AvgIpc) is 2.72. The Balaban J connectivity index is 1.89. The van der Waals surface area contributed by atoms with Gasteiger partial charge in [0.2, 0.25) is 0 Å². The van der Waals surface area contributed by atoms with Crippen molar-refractivity contribution in [1.29, 1.82) is 0 Å². The van der Waals surface area contributed by atoms with E-state index in [2.05, 4.69) is 0 Å². The number of benzene rings is 2. The summed E-state index contributed by atoms with van der Waals surface area (Å²) >= 11 is 0. The van der Waals surface area contributed by atoms with E-state index < -0.39 is 4.92 Å². The van der Waals surface area contributed by atoms with Gasteiger partial charge in [-0.05, 0) is 37.1 Å². The summed E-state index contributed by atoms with van der Waals surface area (Å²) in [4.78, 5) is 37.4. The van der Waals surface area contributed by atoms with Crippen LogP contribution in [-0.4, -0.2) is 21.9 Å². The van der Waals surface area contributed by atoms with Gasteiger partial charge in [0.05, 0.1) is 17.0 Å². The number of hydrogen-bond acceptors (Lipinski definition) is 4. The van der Waals surface area contributed by atoms with Gasteiger partial charge in [-0.3, -0.25) is 19.7 Å². The van der Waals surface area contributed by atoms with Crippen LogP contribution in [0.4, 0.5) is 11.4 Å². The van der Waals surface area contributed by atoms with Crippen molar-refractivity contribution in [2.24, 2.45) is 0 Å². The molecule has 29 heavy (non-hydrogen) atoms. The molecule has 1 aromatic heterocycles. The molecule has 1 amide bonds. The predicted octanol–water partition coefficient (Wildman–Crippen LogP) is 3.78. The number of nitro groups is 1. The zero-order chi connectivity index (χ0) is 21.0. The zero-order valence-electron chi connectivity index (χ0n) is 16.2. The summed E-state index contributed by atoms with van der Waals surface area (Å²) in [6, 6.07) is 16.5. The zero-order valence-corrected chi connectivity index (χ0v) is 16.2. The second kappa shape index (κ2) is 8.52. The fourth-order valence-electron chi connectivity index (χ4n) is 3.15. The van der Waals surface area contributed by atoms with Gasteiger partial charge >= 0.3 is 0 Å². The molecule has 3 aromatic rings. The van der Waals surface area contributed by atoms with Crippen molar-refractivity contribution in [3.8, 4) is 0 Å². The molecule has 3 rings (SSSR count). The monoisotopic (exact) mass is 391 g/mol. The first kappa shape index (κ1) is 20.0. The van der Waals surface area contributed by atoms with Gasteiger partial charge in [0.15, 0.2) is 0 Å². The molecule has 0 radical (unpaired) electrons. The Bertz CT molecular complexity index is 1100. The van der Waals surface area contributed by atoms with Crippen molar-refractivity contribution >= 4 is 17.3 Å². The normalized spacial score (nSPS) is 10.6. The highest BCUT2D eigenvalue weighted by Gasteiger charge is 2.18. The van der Waals surface area contributed by atoms with Crippen molar-refractivity contribution in [3.05, 3.63) is 104 Å². The first-order valence-corrected chi connectivity index (χ1v) is 9.22. The first-order chi connectivity index (χ1) is 13.9. The maximum absolute atomic E-state index is 13.1. The molecule has 0 N–H and O–H groups in total. The van der Waals surface area contributed by atoms with Gasteiger partial charge in [-0.1, -0.05) is 30.3 Å². The highest BCUT2D eigenvalue weighted by molar-refractivity contribution is 6.06. The quantitative estimate of drug-likeness (QED) is 0.473. The number of carbonyl (C=O) groups is 1. The summed E-state index contributed by atoms with van der Waals surface area (Å²) in [5, 5.41) is 10.8. The van der Waals surface area contributed by atoms with Gasteiger partial charge in [0, 0.05) is 36.6 Å². The van der Waals surface area contributed by atoms with Crippen LogP contribution in [0.2, 0.25) is 0 Å². The number of pyridine rings is 1. The molecule has 0 atom stereocenters. The van der Waals surface area contributed by atoms with Crippen LogP contribution in [0.1, 0.15) is 28.4 Å². The van der Waals surface area contributed by atoms with Crippen LogP contribution in [0.5, 0.6) is 0 Å². The summed E-state index contributed by atoms with van der Waals surface area (Å²) in [5.41, 5.74) is 2.68. The molecule has 0 spiro atoms. The largest absolute Gasteiger partial charge is 0.310 e. The molecule has 2 aromatic carbocycles. The Hall–Kier alpha value is -3.74. The number of nitro benzene ring substituents is 1. The van der Waals surface area contributed by atoms with Gasteiger partial charge < -0.3 is 9.47 Å². The van der Waals surface area contributed by atoms with E-state index in [-0.39, 0.29) is 23.7 Å². The summed E-state index contributed by atoms with van der Waals surface area (Å²) < 4.78 is 1.43. The Kier molecular flexibility index (Phi) is 5.87. The van der Waals surface area contributed by atoms with E-state index in [0.717, 1.165) is 16.8 Å². The second-order valence-corrected chi connectivity index (χ2v) is 6.64. The first-order valence-electron chi connectivity index (χ1n) is 9.22. The highest BCUT2D eigenvalue weighted by atomic mass is 16.6. The number of aryl methyl sites for hydroxylation is 1. The fraction of sp³-hybridized carbons (Fsp3) is 0.182. The Morgan fingerprint density at radius 2 is 1.76 bits per heavy atom. The average molecular weight is 391 g/mol. The molecular weight excluding hydrogens is 370 g/mol. The van der Waals surface area contributed by atoms with E-state index in [1.165, 1.54) is 35.0 Å². The number of anilines is 1. The standard InChI is InChI=1S/C22H21N3O4/c1-3-24(20-7-5-4-6-16(20)2)22(27)18-10-13-21(26)23(15-18)14-17-8-11-19(12-9-17)25(28)29/h4-13,15H,3,14H2,1-2H3. The summed E-state index contributed by atoms with van der Waals surface area (Å²) in [5.74, 6) is -0.195. The highest BCUT2D eigenvalue weighted by Crippen LogP contribution is 2.21. The Morgan fingerprint density at radius 3 is 2.38 bits per heavy atom. The third-order valence-electron chi connectivity index (χ3n) is 4.70. The minimum atomic E-state index is -0.472. The second-order valence-electron chi connectivity index (χ2n) is 6.64. The van der Waals surface area contributed by atoms with Crippen LogP contribution < -0.4 is 10.5 Å². The molecule has 0 unspecified atom stereocenters. The molecule has 0 aliphatic heterocycles. The summed E-state index contributed by atoms with van der Waals surface area (Å²) in [7, 11) is 0. The molecule has 0 fully saturated rings. The van der Waals surface area contributed by atoms with Crippen molar-refractivity contribution < 1.29 is 9.72 Å². The lowest BCUT2D eigenvalue weighted by molar-refractivity contribution is -0.384. The SMILES string of the molecule is CCN(C(=O)c1ccc(=O)n(Cc2ccc([N+](=O)[O-])cc2)c1)c1ccccc1C. The number of para-hydroxylation sites is 1. The molecular formula is C22H21N3O4. The molecule has 0 saturated carbocycles. The van der Waals surface area contributed by atoms with Gasteiger partial charge in [-0.25, -0.2) is 0 Å². The van der Waals surface area contributed by atoms with E-state index in [0.29, 0.717) is 12.1 Å². The number of amides is 1. The molecule has 0 saturated heterocycles. The minimum absolute atomic E-state index is 0.0122. The van der Waals surface area contributed by atoms with Crippen molar-refractivity contribution in [2.75, 3.05) is 11.4 Å². The van der Waals surface area contributed by atoms with Crippen LogP contribution >= 0.6 is 0 Å². The molecule has 7 nitrogen and oxygen atoms in total. The fourth-order valence-corrected chi connectivity index (χ4v) is 3.15. The van der Waals surface area contributed by atoms with Crippen LogP contribution in [0, 0.1) is 17.0 Å². The van der Waals surface area contributed by atoms with Crippen LogP contribution in [0.25, 0.3) is 0 Å². The molecule has 0 aliphatic carbocycles. The molecule has 0 aliphatic rings. The predicted molar refractivity (Wildman–Crippen MR) is 111 cm³/mol. The molecule has 1 heterocycles. The van der Waals surface area contributed by atoms with Crippen LogP contribution in [0.3, 0.4) is 0 Å². The summed E-state index contributed by atoms with van der Waals surface area (Å²) in [6.45, 7) is 4.55. The van der Waals surface area contributed by atoms with Crippen molar-refractivity contribution in [2.45, 2.75) is 20.4 Å². The smallest absolute Gasteiger partial charge is 0.269 e. The van der Waals surface area contributed by atoms with E-state index in [9.17, 15) is 19.7 Å².